The number of rotatable bonds is 6. The van der Waals surface area contributed by atoms with E-state index in [-0.39, 0.29) is 11.9 Å². The third-order valence-electron chi connectivity index (χ3n) is 2.67. The van der Waals surface area contributed by atoms with Crippen LogP contribution in [0.2, 0.25) is 0 Å². The minimum atomic E-state index is -0.180. The van der Waals surface area contributed by atoms with E-state index in [0.29, 0.717) is 5.56 Å². The van der Waals surface area contributed by atoms with Gasteiger partial charge in [0.2, 0.25) is 0 Å². The van der Waals surface area contributed by atoms with E-state index in [0.717, 1.165) is 12.8 Å². The van der Waals surface area contributed by atoms with Gasteiger partial charge in [0.25, 0.3) is 0 Å². The summed E-state index contributed by atoms with van der Waals surface area (Å²) in [5.41, 5.74) is 6.59. The van der Waals surface area contributed by atoms with Crippen molar-refractivity contribution in [2.24, 2.45) is 5.73 Å². The fraction of sp³-hybridized carbons (Fsp3) is 0.538. The molecule has 0 aliphatic rings. The predicted molar refractivity (Wildman–Crippen MR) is 62.1 cm³/mol. The molecular weight excluding hydrogens is 189 g/mol. The molecule has 0 fully saturated rings. The Bertz CT molecular complexity index is 286. The Morgan fingerprint density at radius 2 is 1.93 bits per heavy atom. The molecule has 0 aliphatic heterocycles. The zero-order valence-electron chi connectivity index (χ0n) is 9.38. The number of hydrogen-bond donors (Lipinski definition) is 1. The SMILES string of the molecule is CCCCCCC(N)c1ccccc1F. The molecule has 1 rings (SSSR count). The summed E-state index contributed by atoms with van der Waals surface area (Å²) in [5.74, 6) is -0.180. The van der Waals surface area contributed by atoms with Crippen molar-refractivity contribution in [3.63, 3.8) is 0 Å². The molecule has 0 heterocycles. The van der Waals surface area contributed by atoms with E-state index in [4.69, 9.17) is 5.73 Å². The van der Waals surface area contributed by atoms with E-state index < -0.39 is 0 Å². The third kappa shape index (κ3) is 4.00. The smallest absolute Gasteiger partial charge is 0.127 e. The Kier molecular flexibility index (Phi) is 5.33. The average Bonchev–Trinajstić information content (AvgIpc) is 2.25. The Hall–Kier alpha value is -0.890. The lowest BCUT2D eigenvalue weighted by atomic mass is 10.0. The lowest BCUT2D eigenvalue weighted by molar-refractivity contribution is 0.532. The highest BCUT2D eigenvalue weighted by atomic mass is 19.1. The number of halogens is 1. The van der Waals surface area contributed by atoms with Gasteiger partial charge in [0.05, 0.1) is 0 Å². The van der Waals surface area contributed by atoms with E-state index in [1.807, 2.05) is 6.07 Å². The molecule has 0 bridgehead atoms. The van der Waals surface area contributed by atoms with Crippen molar-refractivity contribution in [1.29, 1.82) is 0 Å². The van der Waals surface area contributed by atoms with Crippen LogP contribution in [-0.2, 0) is 0 Å². The summed E-state index contributed by atoms with van der Waals surface area (Å²) in [6.07, 6.45) is 5.61. The molecule has 15 heavy (non-hydrogen) atoms. The van der Waals surface area contributed by atoms with Gasteiger partial charge in [-0.1, -0.05) is 50.8 Å². The second-order valence-corrected chi connectivity index (χ2v) is 3.98. The molecule has 0 saturated carbocycles. The Morgan fingerprint density at radius 3 is 2.60 bits per heavy atom. The molecule has 2 N–H and O–H groups in total. The first-order valence-electron chi connectivity index (χ1n) is 5.75. The summed E-state index contributed by atoms with van der Waals surface area (Å²) in [4.78, 5) is 0. The first-order chi connectivity index (χ1) is 7.25. The van der Waals surface area contributed by atoms with Crippen molar-refractivity contribution in [1.82, 2.24) is 0 Å². The van der Waals surface area contributed by atoms with Crippen LogP contribution in [0.5, 0.6) is 0 Å². The van der Waals surface area contributed by atoms with E-state index in [1.165, 1.54) is 25.3 Å². The van der Waals surface area contributed by atoms with Gasteiger partial charge in [-0.2, -0.15) is 0 Å². The summed E-state index contributed by atoms with van der Waals surface area (Å²) in [6, 6.07) is 6.64. The zero-order chi connectivity index (χ0) is 11.1. The first-order valence-corrected chi connectivity index (χ1v) is 5.75. The van der Waals surface area contributed by atoms with Crippen molar-refractivity contribution in [2.45, 2.75) is 45.1 Å². The van der Waals surface area contributed by atoms with Crippen molar-refractivity contribution in [3.05, 3.63) is 35.6 Å². The summed E-state index contributed by atoms with van der Waals surface area (Å²) in [6.45, 7) is 2.18. The molecule has 0 spiro atoms. The summed E-state index contributed by atoms with van der Waals surface area (Å²) >= 11 is 0. The molecule has 0 aliphatic carbocycles. The van der Waals surface area contributed by atoms with Gasteiger partial charge >= 0.3 is 0 Å². The van der Waals surface area contributed by atoms with Crippen LogP contribution < -0.4 is 5.73 Å². The van der Waals surface area contributed by atoms with Gasteiger partial charge in [-0.25, -0.2) is 4.39 Å². The largest absolute Gasteiger partial charge is 0.324 e. The highest BCUT2D eigenvalue weighted by Crippen LogP contribution is 2.20. The van der Waals surface area contributed by atoms with E-state index >= 15 is 0 Å². The van der Waals surface area contributed by atoms with Gasteiger partial charge in [0.1, 0.15) is 5.82 Å². The molecule has 2 heteroatoms. The fourth-order valence-electron chi connectivity index (χ4n) is 1.72. The van der Waals surface area contributed by atoms with E-state index in [2.05, 4.69) is 6.92 Å². The summed E-state index contributed by atoms with van der Waals surface area (Å²) in [7, 11) is 0. The molecule has 0 saturated heterocycles. The molecule has 1 aromatic rings. The molecule has 0 aromatic heterocycles. The molecule has 1 aromatic carbocycles. The maximum absolute atomic E-state index is 13.3. The van der Waals surface area contributed by atoms with Crippen LogP contribution in [0.3, 0.4) is 0 Å². The lowest BCUT2D eigenvalue weighted by Crippen LogP contribution is -2.11. The highest BCUT2D eigenvalue weighted by Gasteiger charge is 2.09. The van der Waals surface area contributed by atoms with Crippen LogP contribution in [-0.4, -0.2) is 0 Å². The van der Waals surface area contributed by atoms with Crippen LogP contribution in [0.25, 0.3) is 0 Å². The number of benzene rings is 1. The minimum absolute atomic E-state index is 0.150. The Morgan fingerprint density at radius 1 is 1.20 bits per heavy atom. The second kappa shape index (κ2) is 6.57. The minimum Gasteiger partial charge on any atom is -0.324 e. The number of nitrogens with two attached hydrogens (primary N) is 1. The topological polar surface area (TPSA) is 26.0 Å². The van der Waals surface area contributed by atoms with Gasteiger partial charge in [-0.15, -0.1) is 0 Å². The maximum atomic E-state index is 13.3. The summed E-state index contributed by atoms with van der Waals surface area (Å²) in [5, 5.41) is 0. The maximum Gasteiger partial charge on any atom is 0.127 e. The Balaban J connectivity index is 2.40. The monoisotopic (exact) mass is 209 g/mol. The third-order valence-corrected chi connectivity index (χ3v) is 2.67. The number of hydrogen-bond acceptors (Lipinski definition) is 1. The molecular formula is C13H20FN. The molecule has 0 amide bonds. The van der Waals surface area contributed by atoms with Crippen LogP contribution in [0.1, 0.15) is 50.6 Å². The van der Waals surface area contributed by atoms with Crippen molar-refractivity contribution < 1.29 is 4.39 Å². The van der Waals surface area contributed by atoms with Gasteiger partial charge in [-0.05, 0) is 12.5 Å². The summed E-state index contributed by atoms with van der Waals surface area (Å²) < 4.78 is 13.3. The van der Waals surface area contributed by atoms with Crippen LogP contribution in [0.15, 0.2) is 24.3 Å². The molecule has 84 valence electrons. The van der Waals surface area contributed by atoms with Gasteiger partial charge in [-0.3, -0.25) is 0 Å². The Labute approximate surface area is 91.5 Å². The van der Waals surface area contributed by atoms with Gasteiger partial charge in [0, 0.05) is 11.6 Å². The highest BCUT2D eigenvalue weighted by molar-refractivity contribution is 5.20. The van der Waals surface area contributed by atoms with Crippen molar-refractivity contribution >= 4 is 0 Å². The van der Waals surface area contributed by atoms with Crippen molar-refractivity contribution in [2.75, 3.05) is 0 Å². The molecule has 1 atom stereocenters. The van der Waals surface area contributed by atoms with E-state index in [1.54, 1.807) is 12.1 Å². The molecule has 0 radical (unpaired) electrons. The average molecular weight is 209 g/mol. The fourth-order valence-corrected chi connectivity index (χ4v) is 1.72. The van der Waals surface area contributed by atoms with Gasteiger partial charge in [0.15, 0.2) is 0 Å². The second-order valence-electron chi connectivity index (χ2n) is 3.98. The lowest BCUT2D eigenvalue weighted by Gasteiger charge is -2.12. The standard InChI is InChI=1S/C13H20FN/c1-2-3-4-5-10-13(15)11-8-6-7-9-12(11)14/h6-9,13H,2-5,10,15H2,1H3. The van der Waals surface area contributed by atoms with Crippen LogP contribution in [0, 0.1) is 5.82 Å². The predicted octanol–water partition coefficient (Wildman–Crippen LogP) is 3.80. The normalized spacial score (nSPS) is 12.7. The number of unbranched alkanes of at least 4 members (excludes halogenated alkanes) is 3. The molecule has 1 nitrogen and oxygen atoms in total. The first kappa shape index (κ1) is 12.2. The van der Waals surface area contributed by atoms with Gasteiger partial charge < -0.3 is 5.73 Å². The quantitative estimate of drug-likeness (QED) is 0.709. The molecule has 1 unspecified atom stereocenters. The van der Waals surface area contributed by atoms with Crippen LogP contribution in [0.4, 0.5) is 4.39 Å². The van der Waals surface area contributed by atoms with E-state index in [9.17, 15) is 4.39 Å². The zero-order valence-corrected chi connectivity index (χ0v) is 9.38. The van der Waals surface area contributed by atoms with Crippen LogP contribution >= 0.6 is 0 Å². The van der Waals surface area contributed by atoms with Crippen molar-refractivity contribution in [3.8, 4) is 0 Å².